The van der Waals surface area contributed by atoms with E-state index in [1.807, 2.05) is 18.2 Å². The summed E-state index contributed by atoms with van der Waals surface area (Å²) in [4.78, 5) is 20.9. The number of nitrogens with one attached hydrogen (secondary N) is 1. The van der Waals surface area contributed by atoms with Crippen molar-refractivity contribution in [2.24, 2.45) is 0 Å². The van der Waals surface area contributed by atoms with Gasteiger partial charge in [0, 0.05) is 6.20 Å². The zero-order valence-corrected chi connectivity index (χ0v) is 10.1. The lowest BCUT2D eigenvalue weighted by Crippen LogP contribution is -2.23. The van der Waals surface area contributed by atoms with Crippen LogP contribution in [-0.4, -0.2) is 25.5 Å². The molecule has 0 saturated heterocycles. The maximum absolute atomic E-state index is 11.8. The molecular formula is C11H9N5OS. The summed E-state index contributed by atoms with van der Waals surface area (Å²) in [7, 11) is 0. The van der Waals surface area contributed by atoms with Crippen molar-refractivity contribution < 1.29 is 4.79 Å². The van der Waals surface area contributed by atoms with E-state index in [1.54, 1.807) is 22.4 Å². The van der Waals surface area contributed by atoms with Crippen LogP contribution in [-0.2, 0) is 6.54 Å². The van der Waals surface area contributed by atoms with E-state index in [0.717, 1.165) is 5.69 Å². The molecule has 1 amide bonds. The number of hydrogen-bond acceptors (Lipinski definition) is 5. The molecule has 3 rings (SSSR count). The Bertz CT molecular complexity index is 646. The fraction of sp³-hybridized carbons (Fsp3) is 0.0909. The number of amides is 1. The summed E-state index contributed by atoms with van der Waals surface area (Å²) in [5, 5.41) is 6.79. The highest BCUT2D eigenvalue weighted by Gasteiger charge is 2.11. The summed E-state index contributed by atoms with van der Waals surface area (Å²) in [5.41, 5.74) is 2.85. The Morgan fingerprint density at radius 2 is 2.39 bits per heavy atom. The molecule has 0 bridgehead atoms. The van der Waals surface area contributed by atoms with Gasteiger partial charge in [0.25, 0.3) is 5.91 Å². The van der Waals surface area contributed by atoms with E-state index in [4.69, 9.17) is 0 Å². The SMILES string of the molecule is O=C(NCc1ccccn1)c1cn2ncsc2n1. The first kappa shape index (κ1) is 10.8. The molecule has 18 heavy (non-hydrogen) atoms. The van der Waals surface area contributed by atoms with Crippen molar-refractivity contribution in [1.82, 2.24) is 24.9 Å². The Morgan fingerprint density at radius 1 is 1.44 bits per heavy atom. The van der Waals surface area contributed by atoms with Gasteiger partial charge in [-0.15, -0.1) is 0 Å². The van der Waals surface area contributed by atoms with E-state index in [1.165, 1.54) is 11.3 Å². The lowest BCUT2D eigenvalue weighted by atomic mass is 10.3. The highest BCUT2D eigenvalue weighted by molar-refractivity contribution is 7.14. The van der Waals surface area contributed by atoms with Crippen molar-refractivity contribution in [3.05, 3.63) is 47.5 Å². The third kappa shape index (κ3) is 2.07. The number of imidazole rings is 1. The summed E-state index contributed by atoms with van der Waals surface area (Å²) >= 11 is 1.39. The molecule has 3 aromatic rings. The van der Waals surface area contributed by atoms with Crippen LogP contribution in [0.5, 0.6) is 0 Å². The van der Waals surface area contributed by atoms with Gasteiger partial charge < -0.3 is 5.32 Å². The smallest absolute Gasteiger partial charge is 0.271 e. The zero-order valence-electron chi connectivity index (χ0n) is 9.28. The third-order valence-corrected chi connectivity index (χ3v) is 3.06. The molecule has 0 unspecified atom stereocenters. The third-order valence-electron chi connectivity index (χ3n) is 2.38. The Balaban J connectivity index is 1.70. The van der Waals surface area contributed by atoms with Crippen LogP contribution in [0.1, 0.15) is 16.2 Å². The van der Waals surface area contributed by atoms with Crippen LogP contribution < -0.4 is 5.32 Å². The Labute approximate surface area is 106 Å². The second kappa shape index (κ2) is 4.53. The first-order valence-electron chi connectivity index (χ1n) is 5.30. The summed E-state index contributed by atoms with van der Waals surface area (Å²) in [6.45, 7) is 0.387. The number of pyridine rings is 1. The number of fused-ring (bicyclic) bond motifs is 1. The molecular weight excluding hydrogens is 250 g/mol. The van der Waals surface area contributed by atoms with Gasteiger partial charge in [-0.3, -0.25) is 9.78 Å². The van der Waals surface area contributed by atoms with Gasteiger partial charge in [0.15, 0.2) is 0 Å². The van der Waals surface area contributed by atoms with Crippen molar-refractivity contribution in [2.75, 3.05) is 0 Å². The van der Waals surface area contributed by atoms with E-state index < -0.39 is 0 Å². The zero-order chi connectivity index (χ0) is 12.4. The van der Waals surface area contributed by atoms with E-state index in [9.17, 15) is 4.79 Å². The van der Waals surface area contributed by atoms with Crippen LogP contribution in [0, 0.1) is 0 Å². The van der Waals surface area contributed by atoms with E-state index in [0.29, 0.717) is 17.2 Å². The number of rotatable bonds is 3. The Hall–Kier alpha value is -2.28. The summed E-state index contributed by atoms with van der Waals surface area (Å²) in [6, 6.07) is 5.57. The van der Waals surface area contributed by atoms with Crippen LogP contribution in [0.15, 0.2) is 36.1 Å². The summed E-state index contributed by atoms with van der Waals surface area (Å²) in [5.74, 6) is -0.224. The molecule has 0 aromatic carbocycles. The predicted molar refractivity (Wildman–Crippen MR) is 66.3 cm³/mol. The lowest BCUT2D eigenvalue weighted by molar-refractivity contribution is 0.0946. The molecule has 6 nitrogen and oxygen atoms in total. The van der Waals surface area contributed by atoms with Gasteiger partial charge in [-0.05, 0) is 12.1 Å². The molecule has 0 aliphatic carbocycles. The minimum absolute atomic E-state index is 0.224. The van der Waals surface area contributed by atoms with E-state index in [-0.39, 0.29) is 5.91 Å². The molecule has 0 fully saturated rings. The van der Waals surface area contributed by atoms with Crippen LogP contribution in [0.25, 0.3) is 4.96 Å². The normalized spacial score (nSPS) is 10.7. The van der Waals surface area contributed by atoms with Gasteiger partial charge in [-0.25, -0.2) is 9.50 Å². The van der Waals surface area contributed by atoms with Crippen molar-refractivity contribution in [1.29, 1.82) is 0 Å². The van der Waals surface area contributed by atoms with Gasteiger partial charge >= 0.3 is 0 Å². The average molecular weight is 259 g/mol. The molecule has 0 aliphatic heterocycles. The molecule has 1 N–H and O–H groups in total. The van der Waals surface area contributed by atoms with Crippen LogP contribution in [0.2, 0.25) is 0 Å². The van der Waals surface area contributed by atoms with Crippen LogP contribution in [0.4, 0.5) is 0 Å². The fourth-order valence-electron chi connectivity index (χ4n) is 1.51. The maximum Gasteiger partial charge on any atom is 0.271 e. The number of nitrogens with zero attached hydrogens (tertiary/aromatic N) is 4. The minimum Gasteiger partial charge on any atom is -0.345 e. The Kier molecular flexibility index (Phi) is 2.73. The van der Waals surface area contributed by atoms with E-state index >= 15 is 0 Å². The number of carbonyl (C=O) groups is 1. The van der Waals surface area contributed by atoms with E-state index in [2.05, 4.69) is 20.4 Å². The molecule has 0 aliphatic rings. The fourth-order valence-corrected chi connectivity index (χ4v) is 2.11. The molecule has 7 heteroatoms. The topological polar surface area (TPSA) is 72.2 Å². The van der Waals surface area contributed by atoms with Crippen molar-refractivity contribution in [2.45, 2.75) is 6.54 Å². The summed E-state index contributed by atoms with van der Waals surface area (Å²) in [6.07, 6.45) is 3.30. The lowest BCUT2D eigenvalue weighted by Gasteiger charge is -2.01. The largest absolute Gasteiger partial charge is 0.345 e. The number of carbonyl (C=O) groups excluding carboxylic acids is 1. The van der Waals surface area contributed by atoms with Gasteiger partial charge in [0.05, 0.1) is 18.4 Å². The molecule has 3 aromatic heterocycles. The monoisotopic (exact) mass is 259 g/mol. The van der Waals surface area contributed by atoms with Crippen LogP contribution >= 0.6 is 11.3 Å². The standard InChI is InChI=1S/C11H9N5OS/c17-10(13-5-8-3-1-2-4-12-8)9-6-16-11(15-9)18-7-14-16/h1-4,6-7H,5H2,(H,13,17). The van der Waals surface area contributed by atoms with Crippen molar-refractivity contribution in [3.8, 4) is 0 Å². The van der Waals surface area contributed by atoms with Crippen LogP contribution in [0.3, 0.4) is 0 Å². The molecule has 0 radical (unpaired) electrons. The van der Waals surface area contributed by atoms with Crippen molar-refractivity contribution >= 4 is 22.2 Å². The molecule has 0 atom stereocenters. The first-order valence-corrected chi connectivity index (χ1v) is 6.18. The summed E-state index contributed by atoms with van der Waals surface area (Å²) < 4.78 is 1.58. The van der Waals surface area contributed by atoms with Gasteiger partial charge in [-0.2, -0.15) is 5.10 Å². The second-order valence-corrected chi connectivity index (χ2v) is 4.41. The molecule has 90 valence electrons. The molecule has 3 heterocycles. The van der Waals surface area contributed by atoms with Gasteiger partial charge in [0.2, 0.25) is 4.96 Å². The minimum atomic E-state index is -0.224. The van der Waals surface area contributed by atoms with Gasteiger partial charge in [-0.1, -0.05) is 17.4 Å². The quantitative estimate of drug-likeness (QED) is 0.765. The highest BCUT2D eigenvalue weighted by atomic mass is 32.1. The maximum atomic E-state index is 11.8. The molecule has 0 saturated carbocycles. The number of hydrogen-bond donors (Lipinski definition) is 1. The van der Waals surface area contributed by atoms with Crippen molar-refractivity contribution in [3.63, 3.8) is 0 Å². The average Bonchev–Trinajstić information content (AvgIpc) is 2.98. The Morgan fingerprint density at radius 3 is 3.17 bits per heavy atom. The first-order chi connectivity index (χ1) is 8.83. The number of aromatic nitrogens is 4. The van der Waals surface area contributed by atoms with Gasteiger partial charge in [0.1, 0.15) is 11.2 Å². The second-order valence-electron chi connectivity index (χ2n) is 3.60. The molecule has 0 spiro atoms. The predicted octanol–water partition coefficient (Wildman–Crippen LogP) is 1.12. The highest BCUT2D eigenvalue weighted by Crippen LogP contribution is 2.08.